The Labute approximate surface area is 120 Å². The largest absolute Gasteiger partial charge is 0.323 e. The molecular weight excluding hydrogens is 318 g/mol. The van der Waals surface area contributed by atoms with Gasteiger partial charge >= 0.3 is 0 Å². The van der Waals surface area contributed by atoms with Crippen molar-refractivity contribution in [3.63, 3.8) is 0 Å². The molecule has 0 saturated carbocycles. The summed E-state index contributed by atoms with van der Waals surface area (Å²) in [5.41, 5.74) is 0.212. The van der Waals surface area contributed by atoms with E-state index in [4.69, 9.17) is 11.6 Å². The highest BCUT2D eigenvalue weighted by Crippen LogP contribution is 2.27. The quantitative estimate of drug-likeness (QED) is 0.837. The average Bonchev–Trinajstić information content (AvgIpc) is 2.84. The summed E-state index contributed by atoms with van der Waals surface area (Å²) in [4.78, 5) is 16.3. The van der Waals surface area contributed by atoms with Gasteiger partial charge in [-0.3, -0.25) is 4.79 Å². The van der Waals surface area contributed by atoms with Crippen LogP contribution in [-0.2, 0) is 4.79 Å². The Kier molecular flexibility index (Phi) is 4.25. The molecule has 1 unspecified atom stereocenters. The van der Waals surface area contributed by atoms with Gasteiger partial charge in [0.15, 0.2) is 0 Å². The Morgan fingerprint density at radius 2 is 2.50 bits per heavy atom. The summed E-state index contributed by atoms with van der Waals surface area (Å²) in [6.45, 7) is 2.91. The van der Waals surface area contributed by atoms with Crippen molar-refractivity contribution in [3.8, 4) is 0 Å². The van der Waals surface area contributed by atoms with Gasteiger partial charge in [-0.25, -0.2) is 4.98 Å². The molecule has 1 aliphatic heterocycles. The Morgan fingerprint density at radius 3 is 3.06 bits per heavy atom. The number of carbonyl (C=O) groups excluding carboxylic acids is 1. The number of nitrogens with zero attached hydrogens (tertiary/aromatic N) is 1. The van der Waals surface area contributed by atoms with E-state index in [0.717, 1.165) is 25.8 Å². The molecule has 1 amide bonds. The van der Waals surface area contributed by atoms with Crippen LogP contribution in [0.5, 0.6) is 0 Å². The minimum Gasteiger partial charge on any atom is -0.323 e. The van der Waals surface area contributed by atoms with Gasteiger partial charge in [0.05, 0.1) is 21.9 Å². The standard InChI is InChI=1S/C12H15BrClN3O/c1-2-12(4-3-5-16-12)11(18)17-8-6-9(13)10(14)15-7-8/h6-7,16H,2-5H2,1H3,(H,17,18). The molecule has 1 aromatic heterocycles. The van der Waals surface area contributed by atoms with Gasteiger partial charge in [-0.05, 0) is 47.8 Å². The first-order valence-corrected chi connectivity index (χ1v) is 7.12. The minimum absolute atomic E-state index is 0.00137. The Hall–Kier alpha value is -0.650. The highest BCUT2D eigenvalue weighted by Gasteiger charge is 2.39. The number of halogens is 2. The normalized spacial score (nSPS) is 23.1. The van der Waals surface area contributed by atoms with Gasteiger partial charge in [0.1, 0.15) is 5.15 Å². The summed E-state index contributed by atoms with van der Waals surface area (Å²) >= 11 is 9.10. The minimum atomic E-state index is -0.438. The number of hydrogen-bond acceptors (Lipinski definition) is 3. The van der Waals surface area contributed by atoms with Crippen molar-refractivity contribution in [3.05, 3.63) is 21.9 Å². The predicted molar refractivity (Wildman–Crippen MR) is 75.8 cm³/mol. The van der Waals surface area contributed by atoms with Crippen LogP contribution in [0.3, 0.4) is 0 Å². The van der Waals surface area contributed by atoms with E-state index in [-0.39, 0.29) is 5.91 Å². The molecule has 4 nitrogen and oxygen atoms in total. The maximum absolute atomic E-state index is 12.3. The monoisotopic (exact) mass is 331 g/mol. The molecular formula is C12H15BrClN3O. The van der Waals surface area contributed by atoms with Crippen LogP contribution in [0.2, 0.25) is 5.15 Å². The van der Waals surface area contributed by atoms with Crippen LogP contribution in [0.1, 0.15) is 26.2 Å². The molecule has 1 aliphatic rings. The Balaban J connectivity index is 2.13. The molecule has 6 heteroatoms. The third-order valence-corrected chi connectivity index (χ3v) is 4.47. The van der Waals surface area contributed by atoms with Crippen LogP contribution in [0, 0.1) is 0 Å². The maximum Gasteiger partial charge on any atom is 0.244 e. The molecule has 1 aromatic rings. The highest BCUT2D eigenvalue weighted by molar-refractivity contribution is 9.10. The van der Waals surface area contributed by atoms with Crippen molar-refractivity contribution < 1.29 is 4.79 Å². The topological polar surface area (TPSA) is 54.0 Å². The second-order valence-corrected chi connectivity index (χ2v) is 5.63. The zero-order valence-electron chi connectivity index (χ0n) is 10.1. The van der Waals surface area contributed by atoms with Gasteiger partial charge in [0.2, 0.25) is 5.91 Å². The Morgan fingerprint density at radius 1 is 1.72 bits per heavy atom. The molecule has 2 rings (SSSR count). The van der Waals surface area contributed by atoms with Crippen molar-refractivity contribution in [1.29, 1.82) is 0 Å². The molecule has 0 aromatic carbocycles. The molecule has 98 valence electrons. The number of pyridine rings is 1. The van der Waals surface area contributed by atoms with E-state index in [1.165, 1.54) is 0 Å². The van der Waals surface area contributed by atoms with Crippen molar-refractivity contribution in [2.24, 2.45) is 0 Å². The second kappa shape index (κ2) is 5.55. The number of anilines is 1. The van der Waals surface area contributed by atoms with Crippen molar-refractivity contribution in [2.75, 3.05) is 11.9 Å². The second-order valence-electron chi connectivity index (χ2n) is 4.42. The number of nitrogens with one attached hydrogen (secondary N) is 2. The van der Waals surface area contributed by atoms with Gasteiger partial charge in [-0.15, -0.1) is 0 Å². The summed E-state index contributed by atoms with van der Waals surface area (Å²) in [6.07, 6.45) is 4.24. The van der Waals surface area contributed by atoms with Gasteiger partial charge < -0.3 is 10.6 Å². The van der Waals surface area contributed by atoms with Crippen LogP contribution >= 0.6 is 27.5 Å². The number of rotatable bonds is 3. The van der Waals surface area contributed by atoms with E-state index < -0.39 is 5.54 Å². The van der Waals surface area contributed by atoms with Crippen LogP contribution in [0.25, 0.3) is 0 Å². The fraction of sp³-hybridized carbons (Fsp3) is 0.500. The maximum atomic E-state index is 12.3. The number of hydrogen-bond donors (Lipinski definition) is 2. The lowest BCUT2D eigenvalue weighted by Crippen LogP contribution is -2.50. The fourth-order valence-electron chi connectivity index (χ4n) is 2.20. The van der Waals surface area contributed by atoms with E-state index in [9.17, 15) is 4.79 Å². The SMILES string of the molecule is CCC1(C(=O)Nc2cnc(Cl)c(Br)c2)CCCN1. The molecule has 0 bridgehead atoms. The lowest BCUT2D eigenvalue weighted by molar-refractivity contribution is -0.122. The first-order chi connectivity index (χ1) is 8.57. The number of carbonyl (C=O) groups is 1. The first kappa shape index (κ1) is 13.8. The van der Waals surface area contributed by atoms with Crippen LogP contribution in [-0.4, -0.2) is 23.0 Å². The van der Waals surface area contributed by atoms with E-state index >= 15 is 0 Å². The van der Waals surface area contributed by atoms with Crippen molar-refractivity contribution in [2.45, 2.75) is 31.7 Å². The third kappa shape index (κ3) is 2.68. The summed E-state index contributed by atoms with van der Waals surface area (Å²) in [5.74, 6) is -0.00137. The van der Waals surface area contributed by atoms with E-state index in [2.05, 4.69) is 31.5 Å². The average molecular weight is 333 g/mol. The van der Waals surface area contributed by atoms with Crippen molar-refractivity contribution >= 4 is 39.1 Å². The summed E-state index contributed by atoms with van der Waals surface area (Å²) in [6, 6.07) is 1.76. The molecule has 2 heterocycles. The molecule has 1 saturated heterocycles. The Bertz CT molecular complexity index is 461. The number of amides is 1. The van der Waals surface area contributed by atoms with Gasteiger partial charge in [-0.2, -0.15) is 0 Å². The molecule has 2 N–H and O–H groups in total. The highest BCUT2D eigenvalue weighted by atomic mass is 79.9. The third-order valence-electron chi connectivity index (χ3n) is 3.34. The molecule has 0 radical (unpaired) electrons. The number of aromatic nitrogens is 1. The zero-order valence-corrected chi connectivity index (χ0v) is 12.4. The smallest absolute Gasteiger partial charge is 0.244 e. The van der Waals surface area contributed by atoms with Crippen molar-refractivity contribution in [1.82, 2.24) is 10.3 Å². The molecule has 18 heavy (non-hydrogen) atoms. The fourth-order valence-corrected chi connectivity index (χ4v) is 2.66. The summed E-state index contributed by atoms with van der Waals surface area (Å²) in [7, 11) is 0. The van der Waals surface area contributed by atoms with E-state index in [0.29, 0.717) is 15.3 Å². The lowest BCUT2D eigenvalue weighted by atomic mass is 9.93. The first-order valence-electron chi connectivity index (χ1n) is 5.95. The predicted octanol–water partition coefficient (Wildman–Crippen LogP) is 2.97. The summed E-state index contributed by atoms with van der Waals surface area (Å²) in [5, 5.41) is 6.57. The van der Waals surface area contributed by atoms with Crippen LogP contribution < -0.4 is 10.6 Å². The molecule has 0 spiro atoms. The molecule has 0 aliphatic carbocycles. The van der Waals surface area contributed by atoms with E-state index in [1.54, 1.807) is 12.3 Å². The van der Waals surface area contributed by atoms with Crippen LogP contribution in [0.15, 0.2) is 16.7 Å². The lowest BCUT2D eigenvalue weighted by Gasteiger charge is -2.26. The van der Waals surface area contributed by atoms with Gasteiger partial charge in [0, 0.05) is 0 Å². The van der Waals surface area contributed by atoms with Gasteiger partial charge in [-0.1, -0.05) is 18.5 Å². The summed E-state index contributed by atoms with van der Waals surface area (Å²) < 4.78 is 0.673. The van der Waals surface area contributed by atoms with E-state index in [1.807, 2.05) is 6.92 Å². The van der Waals surface area contributed by atoms with Gasteiger partial charge in [0.25, 0.3) is 0 Å². The zero-order chi connectivity index (χ0) is 13.2. The molecule has 1 fully saturated rings. The van der Waals surface area contributed by atoms with Crippen LogP contribution in [0.4, 0.5) is 5.69 Å². The molecule has 1 atom stereocenters.